The van der Waals surface area contributed by atoms with Gasteiger partial charge >= 0.3 is 6.09 Å². The number of hydrogen-bond donors (Lipinski definition) is 2. The third kappa shape index (κ3) is 7.78. The molecule has 6 nitrogen and oxygen atoms in total. The summed E-state index contributed by atoms with van der Waals surface area (Å²) >= 11 is 0. The molecule has 1 saturated heterocycles. The van der Waals surface area contributed by atoms with Crippen molar-refractivity contribution in [1.29, 1.82) is 0 Å². The van der Waals surface area contributed by atoms with Gasteiger partial charge < -0.3 is 20.7 Å². The van der Waals surface area contributed by atoms with E-state index in [1.807, 2.05) is 20.8 Å². The van der Waals surface area contributed by atoms with Crippen LogP contribution >= 0.6 is 0 Å². The molecule has 1 rings (SSSR count). The second-order valence-electron chi connectivity index (χ2n) is 6.72. The van der Waals surface area contributed by atoms with E-state index in [4.69, 9.17) is 10.5 Å². The van der Waals surface area contributed by atoms with Crippen LogP contribution in [0, 0.1) is 5.92 Å². The Balaban J connectivity index is 2.17. The molecule has 0 radical (unpaired) electrons. The number of nitrogens with zero attached hydrogens (tertiary/aromatic N) is 2. The number of alkyl carbamates (subject to hydrolysis) is 1. The lowest BCUT2D eigenvalue weighted by Crippen LogP contribution is -2.43. The molecule has 0 aromatic rings. The molecule has 1 aliphatic heterocycles. The Bertz CT molecular complexity index is 363. The molecule has 0 bridgehead atoms. The Morgan fingerprint density at radius 2 is 2.19 bits per heavy atom. The van der Waals surface area contributed by atoms with Gasteiger partial charge in [-0.3, -0.25) is 4.99 Å². The zero-order chi connectivity index (χ0) is 15.9. The summed E-state index contributed by atoms with van der Waals surface area (Å²) in [6.07, 6.45) is 2.81. The van der Waals surface area contributed by atoms with Crippen molar-refractivity contribution in [2.75, 3.05) is 26.2 Å². The van der Waals surface area contributed by atoms with Crippen molar-refractivity contribution in [2.45, 2.75) is 52.6 Å². The van der Waals surface area contributed by atoms with E-state index in [1.54, 1.807) is 0 Å². The van der Waals surface area contributed by atoms with Gasteiger partial charge in [-0.1, -0.05) is 6.92 Å². The van der Waals surface area contributed by atoms with Crippen molar-refractivity contribution >= 4 is 12.1 Å². The predicted molar refractivity (Wildman–Crippen MR) is 85.3 cm³/mol. The van der Waals surface area contributed by atoms with E-state index in [2.05, 4.69) is 22.1 Å². The number of nitrogens with two attached hydrogens (primary N) is 1. The summed E-state index contributed by atoms with van der Waals surface area (Å²) in [6, 6.07) is 0. The first-order valence-electron chi connectivity index (χ1n) is 7.79. The van der Waals surface area contributed by atoms with Gasteiger partial charge in [0.05, 0.1) is 0 Å². The molecule has 3 N–H and O–H groups in total. The summed E-state index contributed by atoms with van der Waals surface area (Å²) in [5.41, 5.74) is 5.54. The van der Waals surface area contributed by atoms with Crippen LogP contribution in [0.4, 0.5) is 4.79 Å². The molecule has 6 heteroatoms. The molecule has 1 aliphatic rings. The maximum atomic E-state index is 11.4. The quantitative estimate of drug-likeness (QED) is 0.472. The first kappa shape index (κ1) is 17.6. The lowest BCUT2D eigenvalue weighted by molar-refractivity contribution is 0.0527. The van der Waals surface area contributed by atoms with Crippen LogP contribution in [0.5, 0.6) is 0 Å². The van der Waals surface area contributed by atoms with Crippen LogP contribution in [0.15, 0.2) is 4.99 Å². The van der Waals surface area contributed by atoms with Crippen LogP contribution in [0.3, 0.4) is 0 Å². The maximum absolute atomic E-state index is 11.4. The fourth-order valence-corrected chi connectivity index (χ4v) is 2.27. The Morgan fingerprint density at radius 3 is 2.81 bits per heavy atom. The van der Waals surface area contributed by atoms with Crippen molar-refractivity contribution in [3.05, 3.63) is 0 Å². The van der Waals surface area contributed by atoms with Crippen molar-refractivity contribution in [3.63, 3.8) is 0 Å². The van der Waals surface area contributed by atoms with Gasteiger partial charge in [-0.15, -0.1) is 0 Å². The van der Waals surface area contributed by atoms with Crippen LogP contribution in [0.1, 0.15) is 47.0 Å². The minimum Gasteiger partial charge on any atom is -0.444 e. The molecule has 1 amide bonds. The van der Waals surface area contributed by atoms with E-state index in [0.717, 1.165) is 19.5 Å². The standard InChI is InChI=1S/C15H30N4O2/c1-12-7-5-10-19(11-12)13(16)17-8-6-9-18-14(20)21-15(2,3)4/h12H,5-11H2,1-4H3,(H2,16,17)(H,18,20). The highest BCUT2D eigenvalue weighted by atomic mass is 16.6. The molecule has 0 spiro atoms. The Labute approximate surface area is 128 Å². The van der Waals surface area contributed by atoms with E-state index in [9.17, 15) is 4.79 Å². The van der Waals surface area contributed by atoms with Gasteiger partial charge in [-0.25, -0.2) is 4.79 Å². The van der Waals surface area contributed by atoms with Crippen LogP contribution in [-0.4, -0.2) is 48.7 Å². The predicted octanol–water partition coefficient (Wildman–Crippen LogP) is 1.95. The van der Waals surface area contributed by atoms with Crippen LogP contribution < -0.4 is 11.1 Å². The van der Waals surface area contributed by atoms with Crippen molar-refractivity contribution in [1.82, 2.24) is 10.2 Å². The van der Waals surface area contributed by atoms with Crippen molar-refractivity contribution in [3.8, 4) is 0 Å². The first-order chi connectivity index (χ1) is 9.78. The van der Waals surface area contributed by atoms with Gasteiger partial charge in [0.2, 0.25) is 0 Å². The number of hydrogen-bond acceptors (Lipinski definition) is 3. The smallest absolute Gasteiger partial charge is 0.407 e. The number of guanidine groups is 1. The van der Waals surface area contributed by atoms with Crippen LogP contribution in [0.2, 0.25) is 0 Å². The third-order valence-electron chi connectivity index (χ3n) is 3.26. The van der Waals surface area contributed by atoms with E-state index in [1.165, 1.54) is 12.8 Å². The Kier molecular flexibility index (Phi) is 6.78. The maximum Gasteiger partial charge on any atom is 0.407 e. The number of nitrogens with one attached hydrogen (secondary N) is 1. The number of carbonyl (C=O) groups excluding carboxylic acids is 1. The summed E-state index contributed by atoms with van der Waals surface area (Å²) in [6.45, 7) is 10.9. The lowest BCUT2D eigenvalue weighted by atomic mass is 10.0. The number of aliphatic imine (C=N–C) groups is 1. The average molecular weight is 298 g/mol. The molecular formula is C15H30N4O2. The zero-order valence-electron chi connectivity index (χ0n) is 13.8. The zero-order valence-corrected chi connectivity index (χ0v) is 13.8. The number of amides is 1. The Hall–Kier alpha value is -1.46. The summed E-state index contributed by atoms with van der Waals surface area (Å²) < 4.78 is 5.15. The molecule has 0 saturated carbocycles. The Morgan fingerprint density at radius 1 is 1.48 bits per heavy atom. The molecule has 1 atom stereocenters. The summed E-state index contributed by atoms with van der Waals surface area (Å²) in [5, 5.41) is 2.71. The van der Waals surface area contributed by atoms with Gasteiger partial charge in [-0.05, 0) is 46.0 Å². The van der Waals surface area contributed by atoms with Gasteiger partial charge in [0.25, 0.3) is 0 Å². The van der Waals surface area contributed by atoms with Crippen molar-refractivity contribution < 1.29 is 9.53 Å². The summed E-state index contributed by atoms with van der Waals surface area (Å²) in [7, 11) is 0. The fraction of sp³-hybridized carbons (Fsp3) is 0.867. The highest BCUT2D eigenvalue weighted by Gasteiger charge is 2.17. The molecule has 1 unspecified atom stereocenters. The summed E-state index contributed by atoms with van der Waals surface area (Å²) in [5.74, 6) is 1.31. The van der Waals surface area contributed by atoms with Gasteiger partial charge in [0, 0.05) is 26.2 Å². The largest absolute Gasteiger partial charge is 0.444 e. The molecule has 1 heterocycles. The van der Waals surface area contributed by atoms with Crippen molar-refractivity contribution in [2.24, 2.45) is 16.6 Å². The molecule has 0 aliphatic carbocycles. The summed E-state index contributed by atoms with van der Waals surface area (Å²) in [4.78, 5) is 18.0. The van der Waals surface area contributed by atoms with Crippen LogP contribution in [0.25, 0.3) is 0 Å². The lowest BCUT2D eigenvalue weighted by Gasteiger charge is -2.31. The highest BCUT2D eigenvalue weighted by molar-refractivity contribution is 5.78. The molecule has 21 heavy (non-hydrogen) atoms. The SMILES string of the molecule is CC1CCCN(C(N)=NCCCNC(=O)OC(C)(C)C)C1. The van der Waals surface area contributed by atoms with Crippen LogP contribution in [-0.2, 0) is 4.74 Å². The highest BCUT2D eigenvalue weighted by Crippen LogP contribution is 2.14. The van der Waals surface area contributed by atoms with E-state index < -0.39 is 5.60 Å². The number of piperidine rings is 1. The third-order valence-corrected chi connectivity index (χ3v) is 3.26. The number of carbonyl (C=O) groups is 1. The minimum absolute atomic E-state index is 0.385. The first-order valence-corrected chi connectivity index (χ1v) is 7.79. The normalized spacial score (nSPS) is 20.3. The minimum atomic E-state index is -0.461. The second-order valence-corrected chi connectivity index (χ2v) is 6.72. The van der Waals surface area contributed by atoms with E-state index >= 15 is 0 Å². The van der Waals surface area contributed by atoms with Gasteiger partial charge in [0.15, 0.2) is 5.96 Å². The van der Waals surface area contributed by atoms with E-state index in [-0.39, 0.29) is 6.09 Å². The second kappa shape index (κ2) is 8.10. The fourth-order valence-electron chi connectivity index (χ4n) is 2.27. The monoisotopic (exact) mass is 298 g/mol. The molecule has 1 fully saturated rings. The number of rotatable bonds is 4. The molecular weight excluding hydrogens is 268 g/mol. The number of ether oxygens (including phenoxy) is 1. The molecule has 0 aromatic heterocycles. The van der Waals surface area contributed by atoms with E-state index in [0.29, 0.717) is 25.0 Å². The molecule has 0 aromatic carbocycles. The van der Waals surface area contributed by atoms with Gasteiger partial charge in [0.1, 0.15) is 5.60 Å². The number of likely N-dealkylation sites (tertiary alicyclic amines) is 1. The average Bonchev–Trinajstić information content (AvgIpc) is 2.36. The molecule has 122 valence electrons. The topological polar surface area (TPSA) is 80.0 Å². The van der Waals surface area contributed by atoms with Gasteiger partial charge in [-0.2, -0.15) is 0 Å².